The molecule has 2 heterocycles. The molecule has 1 atom stereocenters. The molecule has 2 N–H and O–H groups in total. The van der Waals surface area contributed by atoms with Crippen LogP contribution in [-0.2, 0) is 4.74 Å². The molecule has 0 aliphatic carbocycles. The number of halogens is 1. The van der Waals surface area contributed by atoms with Crippen molar-refractivity contribution < 1.29 is 9.13 Å². The van der Waals surface area contributed by atoms with E-state index in [1.54, 1.807) is 16.9 Å². The van der Waals surface area contributed by atoms with E-state index in [4.69, 9.17) is 10.5 Å². The molecular weight excluding hydrogens is 221 g/mol. The summed E-state index contributed by atoms with van der Waals surface area (Å²) >= 11 is 0. The molecule has 0 saturated carbocycles. The van der Waals surface area contributed by atoms with Crippen molar-refractivity contribution in [2.45, 2.75) is 25.5 Å². The second-order valence-electron chi connectivity index (χ2n) is 4.35. The van der Waals surface area contributed by atoms with Gasteiger partial charge in [-0.15, -0.1) is 0 Å². The molecule has 1 saturated heterocycles. The molecular formula is C12H14FN3O. The molecule has 4 nitrogen and oxygen atoms in total. The Morgan fingerprint density at radius 1 is 1.41 bits per heavy atom. The fourth-order valence-electron chi connectivity index (χ4n) is 2.30. The van der Waals surface area contributed by atoms with Crippen LogP contribution < -0.4 is 5.73 Å². The highest BCUT2D eigenvalue weighted by Crippen LogP contribution is 2.28. The molecule has 1 unspecified atom stereocenters. The zero-order valence-corrected chi connectivity index (χ0v) is 9.40. The number of aromatic nitrogens is 2. The molecule has 5 heteroatoms. The van der Waals surface area contributed by atoms with Crippen molar-refractivity contribution >= 4 is 16.6 Å². The summed E-state index contributed by atoms with van der Waals surface area (Å²) in [5.41, 5.74) is 6.50. The van der Waals surface area contributed by atoms with E-state index in [-0.39, 0.29) is 12.0 Å². The smallest absolute Gasteiger partial charge is 0.151 e. The molecule has 1 aromatic heterocycles. The lowest BCUT2D eigenvalue weighted by molar-refractivity contribution is -0.0369. The van der Waals surface area contributed by atoms with Crippen molar-refractivity contribution in [2.24, 2.45) is 0 Å². The van der Waals surface area contributed by atoms with E-state index in [0.717, 1.165) is 24.6 Å². The molecule has 0 spiro atoms. The van der Waals surface area contributed by atoms with Gasteiger partial charge in [0.05, 0.1) is 6.20 Å². The topological polar surface area (TPSA) is 53.1 Å². The van der Waals surface area contributed by atoms with Gasteiger partial charge in [-0.05, 0) is 31.4 Å². The van der Waals surface area contributed by atoms with Gasteiger partial charge in [-0.2, -0.15) is 5.10 Å². The molecule has 90 valence electrons. The third kappa shape index (κ3) is 1.76. The van der Waals surface area contributed by atoms with Crippen LogP contribution in [0, 0.1) is 5.82 Å². The van der Waals surface area contributed by atoms with Gasteiger partial charge < -0.3 is 10.5 Å². The third-order valence-electron chi connectivity index (χ3n) is 3.09. The van der Waals surface area contributed by atoms with Crippen molar-refractivity contribution in [2.75, 3.05) is 12.3 Å². The van der Waals surface area contributed by atoms with Gasteiger partial charge in [-0.25, -0.2) is 9.07 Å². The summed E-state index contributed by atoms with van der Waals surface area (Å²) in [4.78, 5) is 0. The van der Waals surface area contributed by atoms with E-state index in [2.05, 4.69) is 5.10 Å². The Bertz CT molecular complexity index is 546. The van der Waals surface area contributed by atoms with Gasteiger partial charge >= 0.3 is 0 Å². The first-order valence-corrected chi connectivity index (χ1v) is 5.79. The van der Waals surface area contributed by atoms with Gasteiger partial charge in [-0.1, -0.05) is 0 Å². The van der Waals surface area contributed by atoms with E-state index in [9.17, 15) is 4.39 Å². The molecule has 2 aromatic rings. The van der Waals surface area contributed by atoms with Crippen LogP contribution in [-0.4, -0.2) is 16.4 Å². The summed E-state index contributed by atoms with van der Waals surface area (Å²) in [5.74, 6) is -0.341. The zero-order valence-electron chi connectivity index (χ0n) is 9.40. The van der Waals surface area contributed by atoms with Crippen LogP contribution >= 0.6 is 0 Å². The highest BCUT2D eigenvalue weighted by molar-refractivity contribution is 5.82. The summed E-state index contributed by atoms with van der Waals surface area (Å²) in [6.45, 7) is 0.711. The molecule has 17 heavy (non-hydrogen) atoms. The summed E-state index contributed by atoms with van der Waals surface area (Å²) in [6.07, 6.45) is 4.50. The Labute approximate surface area is 98.2 Å². The number of anilines is 1. The molecule has 0 amide bonds. The van der Waals surface area contributed by atoms with E-state index in [1.165, 1.54) is 6.07 Å². The molecule has 0 bridgehead atoms. The number of ether oxygens (including phenoxy) is 1. The molecule has 1 aromatic carbocycles. The number of rotatable bonds is 1. The minimum Gasteiger partial charge on any atom is -0.399 e. The first-order valence-electron chi connectivity index (χ1n) is 5.79. The number of benzene rings is 1. The first kappa shape index (κ1) is 10.5. The summed E-state index contributed by atoms with van der Waals surface area (Å²) in [5, 5.41) is 4.94. The van der Waals surface area contributed by atoms with Crippen LogP contribution in [0.3, 0.4) is 0 Å². The standard InChI is InChI=1S/C12H14FN3O/c13-10-6-9(14)5-8-7-15-16(12(8)10)11-3-1-2-4-17-11/h5-7,11H,1-4,14H2. The fraction of sp³-hybridized carbons (Fsp3) is 0.417. The van der Waals surface area contributed by atoms with E-state index in [0.29, 0.717) is 17.8 Å². The summed E-state index contributed by atoms with van der Waals surface area (Å²) in [7, 11) is 0. The van der Waals surface area contributed by atoms with Crippen LogP contribution in [0.15, 0.2) is 18.3 Å². The lowest BCUT2D eigenvalue weighted by Gasteiger charge is -2.23. The van der Waals surface area contributed by atoms with Crippen LogP contribution in [0.25, 0.3) is 10.9 Å². The number of hydrogen-bond donors (Lipinski definition) is 1. The Morgan fingerprint density at radius 3 is 3.06 bits per heavy atom. The lowest BCUT2D eigenvalue weighted by atomic mass is 10.2. The Kier molecular flexibility index (Phi) is 2.48. The first-order chi connectivity index (χ1) is 8.25. The van der Waals surface area contributed by atoms with Crippen molar-refractivity contribution in [3.8, 4) is 0 Å². The molecule has 3 rings (SSSR count). The third-order valence-corrected chi connectivity index (χ3v) is 3.09. The van der Waals surface area contributed by atoms with Crippen molar-refractivity contribution in [3.63, 3.8) is 0 Å². The van der Waals surface area contributed by atoms with Crippen LogP contribution in [0.1, 0.15) is 25.5 Å². The molecule has 1 fully saturated rings. The minimum atomic E-state index is -0.341. The van der Waals surface area contributed by atoms with E-state index in [1.807, 2.05) is 0 Å². The zero-order chi connectivity index (χ0) is 11.8. The fourth-order valence-corrected chi connectivity index (χ4v) is 2.30. The number of hydrogen-bond acceptors (Lipinski definition) is 3. The maximum atomic E-state index is 13.9. The monoisotopic (exact) mass is 235 g/mol. The highest BCUT2D eigenvalue weighted by atomic mass is 19.1. The number of nitrogens with zero attached hydrogens (tertiary/aromatic N) is 2. The van der Waals surface area contributed by atoms with Gasteiger partial charge in [0.15, 0.2) is 12.0 Å². The number of nitrogens with two attached hydrogens (primary N) is 1. The van der Waals surface area contributed by atoms with E-state index < -0.39 is 0 Å². The van der Waals surface area contributed by atoms with Crippen LogP contribution in [0.4, 0.5) is 10.1 Å². The molecule has 1 aliphatic heterocycles. The Balaban J connectivity index is 2.10. The maximum Gasteiger partial charge on any atom is 0.151 e. The van der Waals surface area contributed by atoms with Crippen LogP contribution in [0.2, 0.25) is 0 Å². The quantitative estimate of drug-likeness (QED) is 0.772. The molecule has 0 radical (unpaired) electrons. The van der Waals surface area contributed by atoms with Gasteiger partial charge in [0.25, 0.3) is 0 Å². The van der Waals surface area contributed by atoms with Crippen LogP contribution in [0.5, 0.6) is 0 Å². The van der Waals surface area contributed by atoms with Gasteiger partial charge in [0.2, 0.25) is 0 Å². The second kappa shape index (κ2) is 4.00. The van der Waals surface area contributed by atoms with Gasteiger partial charge in [0.1, 0.15) is 5.52 Å². The Hall–Kier alpha value is -1.62. The Morgan fingerprint density at radius 2 is 2.29 bits per heavy atom. The highest BCUT2D eigenvalue weighted by Gasteiger charge is 2.20. The number of fused-ring (bicyclic) bond motifs is 1. The minimum absolute atomic E-state index is 0.153. The van der Waals surface area contributed by atoms with Crippen molar-refractivity contribution in [1.29, 1.82) is 0 Å². The van der Waals surface area contributed by atoms with Crippen molar-refractivity contribution in [3.05, 3.63) is 24.1 Å². The summed E-state index contributed by atoms with van der Waals surface area (Å²) in [6, 6.07) is 3.05. The average Bonchev–Trinajstić information content (AvgIpc) is 2.74. The summed E-state index contributed by atoms with van der Waals surface area (Å²) < 4.78 is 21.1. The predicted molar refractivity (Wildman–Crippen MR) is 62.9 cm³/mol. The van der Waals surface area contributed by atoms with Crippen molar-refractivity contribution in [1.82, 2.24) is 9.78 Å². The molecule has 1 aliphatic rings. The largest absolute Gasteiger partial charge is 0.399 e. The predicted octanol–water partition coefficient (Wildman–Crippen LogP) is 2.46. The SMILES string of the molecule is Nc1cc(F)c2c(cnn2C2CCCCO2)c1. The maximum absolute atomic E-state index is 13.9. The van der Waals surface area contributed by atoms with E-state index >= 15 is 0 Å². The normalized spacial score (nSPS) is 20.9. The number of nitrogen functional groups attached to an aromatic ring is 1. The van der Waals surface area contributed by atoms with Gasteiger partial charge in [0, 0.05) is 17.7 Å². The second-order valence-corrected chi connectivity index (χ2v) is 4.35. The van der Waals surface area contributed by atoms with Gasteiger partial charge in [-0.3, -0.25) is 0 Å². The lowest BCUT2D eigenvalue weighted by Crippen LogP contribution is -2.19. The average molecular weight is 235 g/mol.